The van der Waals surface area contributed by atoms with Crippen LogP contribution >= 0.6 is 11.8 Å². The van der Waals surface area contributed by atoms with Crippen LogP contribution in [0.1, 0.15) is 67.1 Å². The summed E-state index contributed by atoms with van der Waals surface area (Å²) in [6, 6.07) is 25.4. The number of rotatable bonds is 10. The number of benzene rings is 3. The normalized spacial score (nSPS) is 19.9. The lowest BCUT2D eigenvalue weighted by Gasteiger charge is -2.34. The first-order chi connectivity index (χ1) is 17.3. The van der Waals surface area contributed by atoms with Crippen molar-refractivity contribution in [2.24, 2.45) is 0 Å². The van der Waals surface area contributed by atoms with E-state index < -0.39 is 0 Å². The van der Waals surface area contributed by atoms with Crippen molar-refractivity contribution >= 4 is 11.8 Å². The average Bonchev–Trinajstić information content (AvgIpc) is 3.42. The monoisotopic (exact) mass is 487 g/mol. The second-order valence-corrected chi connectivity index (χ2v) is 11.1. The Morgan fingerprint density at radius 2 is 1.60 bits per heavy atom. The highest BCUT2D eigenvalue weighted by Crippen LogP contribution is 2.47. The van der Waals surface area contributed by atoms with E-state index in [1.54, 1.807) is 12.1 Å². The molecule has 2 aliphatic heterocycles. The van der Waals surface area contributed by atoms with E-state index in [0.717, 1.165) is 11.3 Å². The fraction of sp³-hybridized carbons (Fsp3) is 0.419. The highest BCUT2D eigenvalue weighted by atomic mass is 32.2. The van der Waals surface area contributed by atoms with Gasteiger partial charge in [0.05, 0.1) is 6.61 Å². The number of thioether (sulfide) groups is 1. The topological polar surface area (TPSA) is 32.7 Å². The molecule has 0 bridgehead atoms. The number of fused-ring (bicyclic) bond motifs is 1. The molecule has 0 unspecified atom stereocenters. The van der Waals surface area contributed by atoms with Gasteiger partial charge in [-0.05, 0) is 80.4 Å². The molecule has 0 radical (unpaired) electrons. The molecule has 5 rings (SSSR count). The minimum absolute atomic E-state index is 0.205. The van der Waals surface area contributed by atoms with Gasteiger partial charge >= 0.3 is 0 Å². The van der Waals surface area contributed by atoms with Gasteiger partial charge in [-0.2, -0.15) is 0 Å². The van der Waals surface area contributed by atoms with Gasteiger partial charge in [0.15, 0.2) is 0 Å². The predicted octanol–water partition coefficient (Wildman–Crippen LogP) is 7.45. The van der Waals surface area contributed by atoms with E-state index in [4.69, 9.17) is 4.74 Å². The Morgan fingerprint density at radius 3 is 2.40 bits per heavy atom. The molecule has 3 nitrogen and oxygen atoms in total. The van der Waals surface area contributed by atoms with Gasteiger partial charge in [-0.15, -0.1) is 11.8 Å². The molecule has 2 atom stereocenters. The third-order valence-electron chi connectivity index (χ3n) is 7.46. The van der Waals surface area contributed by atoms with Crippen molar-refractivity contribution in [3.63, 3.8) is 0 Å². The summed E-state index contributed by atoms with van der Waals surface area (Å²) < 4.78 is 6.10. The zero-order valence-corrected chi connectivity index (χ0v) is 21.4. The lowest BCUT2D eigenvalue weighted by molar-refractivity contribution is 0.248. The van der Waals surface area contributed by atoms with Crippen LogP contribution < -0.4 is 4.74 Å². The van der Waals surface area contributed by atoms with Gasteiger partial charge in [-0.25, -0.2) is 0 Å². The second kappa shape index (κ2) is 12.0. The Labute approximate surface area is 214 Å². The van der Waals surface area contributed by atoms with Crippen molar-refractivity contribution in [3.05, 3.63) is 89.5 Å². The highest BCUT2D eigenvalue weighted by molar-refractivity contribution is 7.99. The number of phenolic OH excluding ortho intramolecular Hbond substituents is 1. The number of likely N-dealkylation sites (tertiary alicyclic amines) is 1. The van der Waals surface area contributed by atoms with Gasteiger partial charge in [-0.1, -0.05) is 61.4 Å². The number of hydrogen-bond donors (Lipinski definition) is 1. The summed E-state index contributed by atoms with van der Waals surface area (Å²) in [6.45, 7) is 4.55. The number of phenols is 1. The van der Waals surface area contributed by atoms with E-state index in [2.05, 4.69) is 59.5 Å². The van der Waals surface area contributed by atoms with Crippen LogP contribution in [0.4, 0.5) is 0 Å². The van der Waals surface area contributed by atoms with Gasteiger partial charge in [0.25, 0.3) is 0 Å². The minimum Gasteiger partial charge on any atom is -0.508 e. The van der Waals surface area contributed by atoms with Crippen LogP contribution in [0.25, 0.3) is 0 Å². The largest absolute Gasteiger partial charge is 0.508 e. The van der Waals surface area contributed by atoms with Gasteiger partial charge < -0.3 is 14.7 Å². The van der Waals surface area contributed by atoms with Crippen LogP contribution in [0, 0.1) is 0 Å². The first kappa shape index (κ1) is 24.3. The third-order valence-corrected chi connectivity index (χ3v) is 8.55. The van der Waals surface area contributed by atoms with E-state index in [9.17, 15) is 5.11 Å². The molecule has 4 heteroatoms. The molecule has 1 saturated heterocycles. The Morgan fingerprint density at radius 1 is 0.829 bits per heavy atom. The zero-order valence-electron chi connectivity index (χ0n) is 20.6. The molecule has 0 aromatic heterocycles. The Bertz CT molecular complexity index is 1060. The summed E-state index contributed by atoms with van der Waals surface area (Å²) in [4.78, 5) is 3.97. The first-order valence-corrected chi connectivity index (χ1v) is 14.2. The van der Waals surface area contributed by atoms with Crippen molar-refractivity contribution in [2.45, 2.75) is 55.3 Å². The molecule has 0 saturated carbocycles. The zero-order chi connectivity index (χ0) is 23.9. The lowest BCUT2D eigenvalue weighted by Crippen LogP contribution is -2.25. The van der Waals surface area contributed by atoms with Crippen LogP contribution in [0.2, 0.25) is 0 Å². The van der Waals surface area contributed by atoms with E-state index in [-0.39, 0.29) is 17.6 Å². The summed E-state index contributed by atoms with van der Waals surface area (Å²) in [6.07, 6.45) is 8.13. The molecule has 2 aliphatic rings. The molecule has 0 amide bonds. The molecule has 184 valence electrons. The molecule has 35 heavy (non-hydrogen) atoms. The third kappa shape index (κ3) is 6.23. The predicted molar refractivity (Wildman–Crippen MR) is 146 cm³/mol. The molecule has 2 heterocycles. The maximum atomic E-state index is 9.98. The number of nitrogens with zero attached hydrogens (tertiary/aromatic N) is 1. The fourth-order valence-corrected chi connectivity index (χ4v) is 6.47. The summed E-state index contributed by atoms with van der Waals surface area (Å²) in [7, 11) is 0. The lowest BCUT2D eigenvalue weighted by atomic mass is 9.76. The molecule has 3 aromatic rings. The van der Waals surface area contributed by atoms with E-state index in [1.165, 1.54) is 79.9 Å². The van der Waals surface area contributed by atoms with E-state index >= 15 is 0 Å². The molecular weight excluding hydrogens is 450 g/mol. The fourth-order valence-electron chi connectivity index (χ4n) is 5.56. The van der Waals surface area contributed by atoms with Crippen LogP contribution in [0.3, 0.4) is 0 Å². The smallest absolute Gasteiger partial charge is 0.126 e. The molecule has 1 N–H and O–H groups in total. The maximum absolute atomic E-state index is 9.98. The summed E-state index contributed by atoms with van der Waals surface area (Å²) in [5.41, 5.74) is 3.75. The van der Waals surface area contributed by atoms with E-state index in [1.807, 2.05) is 17.8 Å². The van der Waals surface area contributed by atoms with Crippen LogP contribution in [0.5, 0.6) is 11.5 Å². The van der Waals surface area contributed by atoms with Crippen molar-refractivity contribution in [3.8, 4) is 11.5 Å². The van der Waals surface area contributed by atoms with Gasteiger partial charge in [0, 0.05) is 28.4 Å². The molecule has 0 spiro atoms. The quantitative estimate of drug-likeness (QED) is 0.238. The maximum Gasteiger partial charge on any atom is 0.126 e. The number of ether oxygens (including phenoxy) is 1. The second-order valence-electron chi connectivity index (χ2n) is 9.91. The summed E-state index contributed by atoms with van der Waals surface area (Å²) in [5, 5.41) is 9.98. The SMILES string of the molecule is Oc1ccc2c(c1)OC[C@H](c1ccccc1)[C@@H]2c1ccc(SCCCCCCN2CCCC2)cc1. The standard InChI is InChI=1S/C31H37NO2S/c33-26-14-17-28-30(22-26)34-23-29(24-10-4-3-5-11-24)31(28)25-12-15-27(16-13-25)35-21-9-2-1-6-18-32-19-7-8-20-32/h3-5,10-17,22,29,31,33H,1-2,6-9,18-21,23H2/t29-,31-/m1/s1. The van der Waals surface area contributed by atoms with Gasteiger partial charge in [0.2, 0.25) is 0 Å². The van der Waals surface area contributed by atoms with Crippen molar-refractivity contribution in [1.29, 1.82) is 0 Å². The average molecular weight is 488 g/mol. The Kier molecular flexibility index (Phi) is 8.33. The number of hydrogen-bond acceptors (Lipinski definition) is 4. The van der Waals surface area contributed by atoms with Crippen molar-refractivity contribution in [2.75, 3.05) is 32.0 Å². The molecule has 1 fully saturated rings. The summed E-state index contributed by atoms with van der Waals surface area (Å²) in [5.74, 6) is 2.69. The van der Waals surface area contributed by atoms with Crippen LogP contribution in [-0.2, 0) is 0 Å². The van der Waals surface area contributed by atoms with Gasteiger partial charge in [0.1, 0.15) is 11.5 Å². The van der Waals surface area contributed by atoms with Gasteiger partial charge in [-0.3, -0.25) is 0 Å². The van der Waals surface area contributed by atoms with Crippen LogP contribution in [-0.4, -0.2) is 42.0 Å². The Hall–Kier alpha value is -2.43. The first-order valence-electron chi connectivity index (χ1n) is 13.2. The molecule has 0 aliphatic carbocycles. The van der Waals surface area contributed by atoms with Crippen LogP contribution in [0.15, 0.2) is 77.7 Å². The number of aromatic hydroxyl groups is 1. The molecular formula is C31H37NO2S. The summed E-state index contributed by atoms with van der Waals surface area (Å²) >= 11 is 1.98. The van der Waals surface area contributed by atoms with Crippen molar-refractivity contribution in [1.82, 2.24) is 4.90 Å². The minimum atomic E-state index is 0.205. The number of unbranched alkanes of at least 4 members (excludes halogenated alkanes) is 3. The Balaban J connectivity index is 1.19. The molecule has 3 aromatic carbocycles. The van der Waals surface area contributed by atoms with E-state index in [0.29, 0.717) is 6.61 Å². The van der Waals surface area contributed by atoms with Crippen molar-refractivity contribution < 1.29 is 9.84 Å². The highest BCUT2D eigenvalue weighted by Gasteiger charge is 2.33.